The fourth-order valence-corrected chi connectivity index (χ4v) is 1.69. The van der Waals surface area contributed by atoms with Gasteiger partial charge in [0.15, 0.2) is 0 Å². The number of carboxylic acids is 1. The molecule has 0 aromatic carbocycles. The first-order valence-corrected chi connectivity index (χ1v) is 4.22. The number of ketones is 1. The molecule has 0 atom stereocenters. The lowest BCUT2D eigenvalue weighted by atomic mass is 9.54. The molecule has 1 rings (SSSR count). The summed E-state index contributed by atoms with van der Waals surface area (Å²) < 4.78 is 0. The van der Waals surface area contributed by atoms with Gasteiger partial charge >= 0.3 is 5.97 Å². The molecule has 0 radical (unpaired) electrons. The molecule has 1 saturated carbocycles. The second-order valence-corrected chi connectivity index (χ2v) is 4.32. The smallest absolute Gasteiger partial charge is 0.311 e. The molecule has 4 heteroatoms. The van der Waals surface area contributed by atoms with Crippen molar-refractivity contribution in [3.05, 3.63) is 0 Å². The Morgan fingerprint density at radius 3 is 2.23 bits per heavy atom. The standard InChI is InChI=1S/C9H14O4/c1-8(2,5-10)9(7(12)13)3-6(11)4-9/h10H,3-5H2,1-2H3,(H,12,13). The van der Waals surface area contributed by atoms with Crippen molar-refractivity contribution >= 4 is 11.8 Å². The van der Waals surface area contributed by atoms with E-state index >= 15 is 0 Å². The molecule has 13 heavy (non-hydrogen) atoms. The minimum atomic E-state index is -1.04. The number of carboxylic acid groups (broad SMARTS) is 1. The SMILES string of the molecule is CC(C)(CO)C1(C(=O)O)CC(=O)C1. The van der Waals surface area contributed by atoms with E-state index in [0.717, 1.165) is 0 Å². The van der Waals surface area contributed by atoms with Gasteiger partial charge in [0.05, 0.1) is 5.41 Å². The van der Waals surface area contributed by atoms with E-state index in [4.69, 9.17) is 10.2 Å². The number of hydrogen-bond acceptors (Lipinski definition) is 3. The molecule has 0 aromatic rings. The molecule has 0 amide bonds. The van der Waals surface area contributed by atoms with Crippen molar-refractivity contribution < 1.29 is 19.8 Å². The van der Waals surface area contributed by atoms with Crippen molar-refractivity contribution in [3.63, 3.8) is 0 Å². The van der Waals surface area contributed by atoms with Crippen LogP contribution < -0.4 is 0 Å². The number of carbonyl (C=O) groups is 2. The molecule has 74 valence electrons. The predicted molar refractivity (Wildman–Crippen MR) is 45.2 cm³/mol. The summed E-state index contributed by atoms with van der Waals surface area (Å²) in [6.45, 7) is 3.13. The van der Waals surface area contributed by atoms with Crippen LogP contribution in [0.3, 0.4) is 0 Å². The Kier molecular flexibility index (Phi) is 2.20. The Balaban J connectivity index is 2.94. The Labute approximate surface area is 76.6 Å². The zero-order valence-electron chi connectivity index (χ0n) is 7.83. The summed E-state index contributed by atoms with van der Waals surface area (Å²) in [5.74, 6) is -1.02. The highest BCUT2D eigenvalue weighted by atomic mass is 16.4. The van der Waals surface area contributed by atoms with Crippen LogP contribution in [0.2, 0.25) is 0 Å². The van der Waals surface area contributed by atoms with Crippen LogP contribution in [-0.4, -0.2) is 28.6 Å². The summed E-state index contributed by atoms with van der Waals surface area (Å²) in [7, 11) is 0. The van der Waals surface area contributed by atoms with Gasteiger partial charge in [-0.3, -0.25) is 9.59 Å². The highest BCUT2D eigenvalue weighted by molar-refractivity contribution is 5.97. The lowest BCUT2D eigenvalue weighted by Crippen LogP contribution is -2.55. The number of rotatable bonds is 3. The monoisotopic (exact) mass is 186 g/mol. The van der Waals surface area contributed by atoms with Gasteiger partial charge in [0.2, 0.25) is 0 Å². The molecule has 2 N–H and O–H groups in total. The van der Waals surface area contributed by atoms with Crippen LogP contribution in [0.5, 0.6) is 0 Å². The Hall–Kier alpha value is -0.900. The van der Waals surface area contributed by atoms with Crippen molar-refractivity contribution in [1.82, 2.24) is 0 Å². The molecule has 0 aliphatic heterocycles. The molecule has 0 unspecified atom stereocenters. The average Bonchev–Trinajstić information content (AvgIpc) is 1.97. The summed E-state index contributed by atoms with van der Waals surface area (Å²) in [4.78, 5) is 21.8. The fourth-order valence-electron chi connectivity index (χ4n) is 1.69. The molecule has 4 nitrogen and oxygen atoms in total. The van der Waals surface area contributed by atoms with Crippen LogP contribution in [-0.2, 0) is 9.59 Å². The van der Waals surface area contributed by atoms with Crippen LogP contribution in [0, 0.1) is 10.8 Å². The van der Waals surface area contributed by atoms with E-state index in [9.17, 15) is 9.59 Å². The topological polar surface area (TPSA) is 74.6 Å². The summed E-state index contributed by atoms with van der Waals surface area (Å²) in [5.41, 5.74) is -1.77. The summed E-state index contributed by atoms with van der Waals surface area (Å²) >= 11 is 0. The van der Waals surface area contributed by atoms with Crippen molar-refractivity contribution in [1.29, 1.82) is 0 Å². The molecule has 1 fully saturated rings. The highest BCUT2D eigenvalue weighted by Gasteiger charge is 2.59. The Morgan fingerprint density at radius 1 is 1.54 bits per heavy atom. The van der Waals surface area contributed by atoms with E-state index in [-0.39, 0.29) is 25.2 Å². The number of aliphatic carboxylic acids is 1. The lowest BCUT2D eigenvalue weighted by molar-refractivity contribution is -0.175. The third-order valence-corrected chi connectivity index (χ3v) is 3.10. The molecule has 1 aliphatic carbocycles. The molecule has 0 bridgehead atoms. The summed E-state index contributed by atoms with van der Waals surface area (Å²) in [6.07, 6.45) is 0.103. The number of aliphatic hydroxyl groups is 1. The molecular weight excluding hydrogens is 172 g/mol. The number of hydrogen-bond donors (Lipinski definition) is 2. The minimum absolute atomic E-state index is 0.0380. The highest BCUT2D eigenvalue weighted by Crippen LogP contribution is 2.51. The van der Waals surface area contributed by atoms with E-state index < -0.39 is 16.8 Å². The Morgan fingerprint density at radius 2 is 2.00 bits per heavy atom. The maximum Gasteiger partial charge on any atom is 0.311 e. The van der Waals surface area contributed by atoms with Crippen LogP contribution >= 0.6 is 0 Å². The number of Topliss-reactive ketones (excluding diaryl/α,β-unsaturated/α-hetero) is 1. The second-order valence-electron chi connectivity index (χ2n) is 4.32. The van der Waals surface area contributed by atoms with Crippen molar-refractivity contribution in [3.8, 4) is 0 Å². The number of aliphatic hydroxyl groups excluding tert-OH is 1. The zero-order valence-corrected chi connectivity index (χ0v) is 7.83. The van der Waals surface area contributed by atoms with Gasteiger partial charge in [0.25, 0.3) is 0 Å². The quantitative estimate of drug-likeness (QED) is 0.670. The van der Waals surface area contributed by atoms with Crippen LogP contribution in [0.15, 0.2) is 0 Å². The van der Waals surface area contributed by atoms with Crippen molar-refractivity contribution in [2.75, 3.05) is 6.61 Å². The van der Waals surface area contributed by atoms with E-state index in [0.29, 0.717) is 0 Å². The summed E-state index contributed by atoms with van der Waals surface area (Å²) in [6, 6.07) is 0. The van der Waals surface area contributed by atoms with Gasteiger partial charge in [0.1, 0.15) is 5.78 Å². The number of carbonyl (C=O) groups excluding carboxylic acids is 1. The molecule has 0 spiro atoms. The van der Waals surface area contributed by atoms with Crippen LogP contribution in [0.25, 0.3) is 0 Å². The zero-order chi connectivity index (χ0) is 10.3. The molecule has 0 aromatic heterocycles. The molecule has 1 aliphatic rings. The van der Waals surface area contributed by atoms with E-state index in [1.54, 1.807) is 13.8 Å². The van der Waals surface area contributed by atoms with Gasteiger partial charge in [-0.15, -0.1) is 0 Å². The molecule has 0 saturated heterocycles. The first-order valence-electron chi connectivity index (χ1n) is 4.22. The van der Waals surface area contributed by atoms with Crippen molar-refractivity contribution in [2.24, 2.45) is 10.8 Å². The largest absolute Gasteiger partial charge is 0.481 e. The maximum absolute atomic E-state index is 11.0. The van der Waals surface area contributed by atoms with Gasteiger partial charge in [-0.25, -0.2) is 0 Å². The van der Waals surface area contributed by atoms with Gasteiger partial charge in [-0.1, -0.05) is 13.8 Å². The lowest BCUT2D eigenvalue weighted by Gasteiger charge is -2.47. The van der Waals surface area contributed by atoms with E-state index in [1.807, 2.05) is 0 Å². The van der Waals surface area contributed by atoms with Gasteiger partial charge < -0.3 is 10.2 Å². The predicted octanol–water partition coefficient (Wildman–Crippen LogP) is 0.439. The third kappa shape index (κ3) is 1.25. The first kappa shape index (κ1) is 10.2. The summed E-state index contributed by atoms with van der Waals surface area (Å²) in [5, 5.41) is 18.1. The van der Waals surface area contributed by atoms with Crippen LogP contribution in [0.1, 0.15) is 26.7 Å². The van der Waals surface area contributed by atoms with Gasteiger partial charge in [-0.05, 0) is 0 Å². The minimum Gasteiger partial charge on any atom is -0.481 e. The maximum atomic E-state index is 11.0. The van der Waals surface area contributed by atoms with Crippen LogP contribution in [0.4, 0.5) is 0 Å². The second kappa shape index (κ2) is 2.80. The molecule has 0 heterocycles. The Bertz CT molecular complexity index is 246. The van der Waals surface area contributed by atoms with E-state index in [1.165, 1.54) is 0 Å². The van der Waals surface area contributed by atoms with Gasteiger partial charge in [-0.2, -0.15) is 0 Å². The average molecular weight is 186 g/mol. The third-order valence-electron chi connectivity index (χ3n) is 3.10. The van der Waals surface area contributed by atoms with Gasteiger partial charge in [0, 0.05) is 24.9 Å². The molecular formula is C9H14O4. The van der Waals surface area contributed by atoms with Crippen molar-refractivity contribution in [2.45, 2.75) is 26.7 Å². The fraction of sp³-hybridized carbons (Fsp3) is 0.778. The van der Waals surface area contributed by atoms with E-state index in [2.05, 4.69) is 0 Å². The first-order chi connectivity index (χ1) is 5.85. The normalized spacial score (nSPS) is 21.0.